The maximum absolute atomic E-state index is 12.2. The van der Waals surface area contributed by atoms with Crippen molar-refractivity contribution in [1.82, 2.24) is 4.90 Å². The fourth-order valence-electron chi connectivity index (χ4n) is 2.06. The minimum absolute atomic E-state index is 0.0813. The van der Waals surface area contributed by atoms with Crippen molar-refractivity contribution in [3.8, 4) is 0 Å². The van der Waals surface area contributed by atoms with Crippen molar-refractivity contribution in [1.29, 1.82) is 0 Å². The summed E-state index contributed by atoms with van der Waals surface area (Å²) in [6.45, 7) is 2.66. The second-order valence-corrected chi connectivity index (χ2v) is 5.10. The van der Waals surface area contributed by atoms with E-state index in [0.717, 1.165) is 12.8 Å². The number of nitrogens with zero attached hydrogens (tertiary/aromatic N) is 1. The van der Waals surface area contributed by atoms with Crippen LogP contribution in [0.3, 0.4) is 0 Å². The summed E-state index contributed by atoms with van der Waals surface area (Å²) in [5.41, 5.74) is 1.91. The molecule has 1 aromatic rings. The predicted octanol–water partition coefficient (Wildman–Crippen LogP) is 2.11. The lowest BCUT2D eigenvalue weighted by Crippen LogP contribution is -2.36. The monoisotopic (exact) mass is 279 g/mol. The van der Waals surface area contributed by atoms with Crippen LogP contribution in [-0.2, 0) is 11.2 Å². The van der Waals surface area contributed by atoms with Gasteiger partial charge in [-0.05, 0) is 30.5 Å². The van der Waals surface area contributed by atoms with Crippen LogP contribution in [0.2, 0.25) is 0 Å². The van der Waals surface area contributed by atoms with Crippen molar-refractivity contribution >= 4 is 5.91 Å². The number of amides is 1. The Morgan fingerprint density at radius 3 is 2.55 bits per heavy atom. The second kappa shape index (κ2) is 8.72. The van der Waals surface area contributed by atoms with Gasteiger partial charge in [-0.2, -0.15) is 0 Å². The summed E-state index contributed by atoms with van der Waals surface area (Å²) >= 11 is 0. The number of hydrogen-bond acceptors (Lipinski definition) is 3. The lowest BCUT2D eigenvalue weighted by molar-refractivity contribution is 0.0380. The van der Waals surface area contributed by atoms with E-state index in [4.69, 9.17) is 4.74 Å². The lowest BCUT2D eigenvalue weighted by atomic mass is 10.1. The Bertz CT molecular complexity index is 403. The summed E-state index contributed by atoms with van der Waals surface area (Å²) in [6.07, 6.45) is 2.72. The van der Waals surface area contributed by atoms with E-state index in [0.29, 0.717) is 5.56 Å². The second-order valence-electron chi connectivity index (χ2n) is 5.10. The van der Waals surface area contributed by atoms with E-state index in [2.05, 4.69) is 6.92 Å². The Morgan fingerprint density at radius 2 is 2.00 bits per heavy atom. The van der Waals surface area contributed by atoms with E-state index in [1.165, 1.54) is 24.0 Å². The molecule has 1 N–H and O–H groups in total. The highest BCUT2D eigenvalue weighted by molar-refractivity contribution is 5.94. The fraction of sp³-hybridized carbons (Fsp3) is 0.562. The zero-order chi connectivity index (χ0) is 15.0. The van der Waals surface area contributed by atoms with Crippen LogP contribution < -0.4 is 0 Å². The fourth-order valence-corrected chi connectivity index (χ4v) is 2.06. The first kappa shape index (κ1) is 16.7. The molecule has 0 spiro atoms. The van der Waals surface area contributed by atoms with Crippen molar-refractivity contribution in [2.45, 2.75) is 32.3 Å². The maximum atomic E-state index is 12.2. The highest BCUT2D eigenvalue weighted by Crippen LogP contribution is 2.10. The lowest BCUT2D eigenvalue weighted by Gasteiger charge is -2.20. The van der Waals surface area contributed by atoms with Gasteiger partial charge in [0, 0.05) is 26.3 Å². The molecule has 0 saturated heterocycles. The number of methoxy groups -OCH3 is 1. The van der Waals surface area contributed by atoms with Crippen LogP contribution in [0.25, 0.3) is 0 Å². The number of aliphatic hydroxyl groups is 1. The van der Waals surface area contributed by atoms with Gasteiger partial charge in [0.2, 0.25) is 0 Å². The van der Waals surface area contributed by atoms with Crippen LogP contribution in [0.1, 0.15) is 35.7 Å². The first-order valence-electron chi connectivity index (χ1n) is 7.09. The number of aliphatic hydroxyl groups excluding tert-OH is 1. The number of ether oxygens (including phenoxy) is 1. The molecule has 1 aromatic carbocycles. The summed E-state index contributed by atoms with van der Waals surface area (Å²) in [6, 6.07) is 7.71. The molecule has 0 aliphatic rings. The summed E-state index contributed by atoms with van der Waals surface area (Å²) in [4.78, 5) is 13.7. The van der Waals surface area contributed by atoms with Gasteiger partial charge in [-0.25, -0.2) is 0 Å². The molecule has 1 amide bonds. The van der Waals surface area contributed by atoms with Gasteiger partial charge in [0.25, 0.3) is 5.91 Å². The number of carbonyl (C=O) groups excluding carboxylic acids is 1. The van der Waals surface area contributed by atoms with Gasteiger partial charge in [-0.3, -0.25) is 4.79 Å². The van der Waals surface area contributed by atoms with E-state index in [9.17, 15) is 9.90 Å². The van der Waals surface area contributed by atoms with Crippen LogP contribution >= 0.6 is 0 Å². The summed E-state index contributed by atoms with van der Waals surface area (Å²) < 4.78 is 4.86. The third kappa shape index (κ3) is 5.31. The molecule has 0 radical (unpaired) electrons. The number of benzene rings is 1. The van der Waals surface area contributed by atoms with Gasteiger partial charge in [0.15, 0.2) is 0 Å². The summed E-state index contributed by atoms with van der Waals surface area (Å²) in [5, 5.41) is 9.64. The van der Waals surface area contributed by atoms with Gasteiger partial charge in [-0.1, -0.05) is 25.5 Å². The van der Waals surface area contributed by atoms with Crippen molar-refractivity contribution in [3.05, 3.63) is 35.4 Å². The molecule has 0 aromatic heterocycles. The third-order valence-corrected chi connectivity index (χ3v) is 3.21. The molecule has 1 atom stereocenters. The number of unbranched alkanes of at least 4 members (excludes halogenated alkanes) is 1. The topological polar surface area (TPSA) is 49.8 Å². The van der Waals surface area contributed by atoms with Crippen molar-refractivity contribution in [2.75, 3.05) is 27.3 Å². The number of carbonyl (C=O) groups is 1. The maximum Gasteiger partial charge on any atom is 0.253 e. The van der Waals surface area contributed by atoms with Gasteiger partial charge in [0.05, 0.1) is 12.7 Å². The Kier molecular flexibility index (Phi) is 7.26. The number of likely N-dealkylation sites (N-methyl/N-ethyl adjacent to an activating group) is 1. The van der Waals surface area contributed by atoms with E-state index in [1.807, 2.05) is 24.3 Å². The van der Waals surface area contributed by atoms with Gasteiger partial charge < -0.3 is 14.7 Å². The molecule has 4 nitrogen and oxygen atoms in total. The van der Waals surface area contributed by atoms with Crippen molar-refractivity contribution in [2.24, 2.45) is 0 Å². The minimum Gasteiger partial charge on any atom is -0.389 e. The first-order chi connectivity index (χ1) is 9.58. The molecule has 0 heterocycles. The predicted molar refractivity (Wildman–Crippen MR) is 79.9 cm³/mol. The molecule has 0 aliphatic heterocycles. The largest absolute Gasteiger partial charge is 0.389 e. The van der Waals surface area contributed by atoms with Crippen molar-refractivity contribution < 1.29 is 14.6 Å². The Labute approximate surface area is 121 Å². The van der Waals surface area contributed by atoms with Crippen LogP contribution in [0.4, 0.5) is 0 Å². The Hall–Kier alpha value is -1.39. The van der Waals surface area contributed by atoms with Crippen LogP contribution in [0, 0.1) is 0 Å². The average molecular weight is 279 g/mol. The normalized spacial score (nSPS) is 12.2. The molecule has 4 heteroatoms. The van der Waals surface area contributed by atoms with Gasteiger partial charge in [0.1, 0.15) is 0 Å². The van der Waals surface area contributed by atoms with E-state index in [1.54, 1.807) is 7.05 Å². The molecule has 1 unspecified atom stereocenters. The molecule has 0 bridgehead atoms. The molecule has 112 valence electrons. The molecular formula is C16H25NO3. The minimum atomic E-state index is -0.655. The van der Waals surface area contributed by atoms with Crippen molar-refractivity contribution in [3.63, 3.8) is 0 Å². The van der Waals surface area contributed by atoms with E-state index >= 15 is 0 Å². The molecule has 0 aliphatic carbocycles. The van der Waals surface area contributed by atoms with Crippen LogP contribution in [0.5, 0.6) is 0 Å². The molecule has 20 heavy (non-hydrogen) atoms. The summed E-state index contributed by atoms with van der Waals surface area (Å²) in [7, 11) is 3.21. The molecule has 0 saturated carbocycles. The molecular weight excluding hydrogens is 254 g/mol. The van der Waals surface area contributed by atoms with E-state index < -0.39 is 6.10 Å². The zero-order valence-corrected chi connectivity index (χ0v) is 12.6. The number of aryl methyl sites for hydroxylation is 1. The zero-order valence-electron chi connectivity index (χ0n) is 12.6. The highest BCUT2D eigenvalue weighted by Gasteiger charge is 2.15. The highest BCUT2D eigenvalue weighted by atomic mass is 16.5. The van der Waals surface area contributed by atoms with Gasteiger partial charge in [-0.15, -0.1) is 0 Å². The molecule has 0 fully saturated rings. The smallest absolute Gasteiger partial charge is 0.253 e. The van der Waals surface area contributed by atoms with Gasteiger partial charge >= 0.3 is 0 Å². The van der Waals surface area contributed by atoms with Crippen LogP contribution in [-0.4, -0.2) is 49.3 Å². The number of hydrogen-bond donors (Lipinski definition) is 1. The third-order valence-electron chi connectivity index (χ3n) is 3.21. The number of rotatable bonds is 8. The SMILES string of the molecule is CCCCc1ccc(C(=O)N(C)CC(O)COC)cc1. The first-order valence-corrected chi connectivity index (χ1v) is 7.09. The summed E-state index contributed by atoms with van der Waals surface area (Å²) in [5.74, 6) is -0.0813. The standard InChI is InChI=1S/C16H25NO3/c1-4-5-6-13-7-9-14(10-8-13)16(19)17(2)11-15(18)12-20-3/h7-10,15,18H,4-6,11-12H2,1-3H3. The Balaban J connectivity index is 2.58. The quantitative estimate of drug-likeness (QED) is 0.793. The molecule has 1 rings (SSSR count). The van der Waals surface area contributed by atoms with Crippen LogP contribution in [0.15, 0.2) is 24.3 Å². The van der Waals surface area contributed by atoms with E-state index in [-0.39, 0.29) is 19.1 Å². The Morgan fingerprint density at radius 1 is 1.35 bits per heavy atom. The average Bonchev–Trinajstić information content (AvgIpc) is 2.45.